The van der Waals surface area contributed by atoms with Gasteiger partial charge in [-0.1, -0.05) is 13.8 Å². The highest BCUT2D eigenvalue weighted by atomic mass is 15.3. The first-order chi connectivity index (χ1) is 7.13. The van der Waals surface area contributed by atoms with Gasteiger partial charge in [0.15, 0.2) is 11.5 Å². The van der Waals surface area contributed by atoms with Gasteiger partial charge in [0.25, 0.3) is 0 Å². The molecule has 0 aromatic carbocycles. The lowest BCUT2D eigenvalue weighted by Crippen LogP contribution is -1.98. The highest BCUT2D eigenvalue weighted by Gasteiger charge is 2.12. The molecule has 0 saturated carbocycles. The van der Waals surface area contributed by atoms with Crippen LogP contribution in [-0.2, 0) is 0 Å². The van der Waals surface area contributed by atoms with E-state index in [1.54, 1.807) is 0 Å². The lowest BCUT2D eigenvalue weighted by molar-refractivity contribution is 0.674. The fraction of sp³-hybridized carbons (Fsp3) is 0.545. The quantitative estimate of drug-likeness (QED) is 0.753. The predicted octanol–water partition coefficient (Wildman–Crippen LogP) is 2.25. The summed E-state index contributed by atoms with van der Waals surface area (Å²) in [6, 6.07) is 0. The summed E-state index contributed by atoms with van der Waals surface area (Å²) in [4.78, 5) is 8.82. The molecule has 1 unspecified atom stereocenters. The summed E-state index contributed by atoms with van der Waals surface area (Å²) in [6.45, 7) is 8.25. The lowest BCUT2D eigenvalue weighted by Gasteiger charge is -1.99. The molecular weight excluding hydrogens is 188 g/mol. The Labute approximate surface area is 89.4 Å². The van der Waals surface area contributed by atoms with Gasteiger partial charge in [-0.3, -0.25) is 4.98 Å². The normalized spacial score (nSPS) is 13.3. The Kier molecular flexibility index (Phi) is 2.42. The van der Waals surface area contributed by atoms with Crippen LogP contribution in [0.15, 0.2) is 6.20 Å². The molecule has 0 amide bonds. The van der Waals surface area contributed by atoms with Gasteiger partial charge in [-0.05, 0) is 20.3 Å². The number of aryl methyl sites for hydroxylation is 2. The van der Waals surface area contributed by atoms with E-state index in [2.05, 4.69) is 28.9 Å². The van der Waals surface area contributed by atoms with E-state index < -0.39 is 0 Å². The molecule has 2 rings (SSSR count). The van der Waals surface area contributed by atoms with Crippen molar-refractivity contribution in [1.82, 2.24) is 19.6 Å². The van der Waals surface area contributed by atoms with Crippen molar-refractivity contribution < 1.29 is 0 Å². The third-order valence-corrected chi connectivity index (χ3v) is 2.78. The SMILES string of the molecule is CCC(C)c1nc2c(C)ncc(C)n2n1. The summed E-state index contributed by atoms with van der Waals surface area (Å²) >= 11 is 0. The van der Waals surface area contributed by atoms with Crippen LogP contribution in [0.3, 0.4) is 0 Å². The second kappa shape index (κ2) is 3.61. The maximum Gasteiger partial charge on any atom is 0.177 e. The van der Waals surface area contributed by atoms with Gasteiger partial charge in [-0.2, -0.15) is 5.10 Å². The second-order valence-electron chi connectivity index (χ2n) is 4.00. The predicted molar refractivity (Wildman–Crippen MR) is 59.0 cm³/mol. The third-order valence-electron chi connectivity index (χ3n) is 2.78. The van der Waals surface area contributed by atoms with Crippen molar-refractivity contribution in [2.24, 2.45) is 0 Å². The van der Waals surface area contributed by atoms with Crippen LogP contribution in [0.1, 0.15) is 43.4 Å². The number of rotatable bonds is 2. The Balaban J connectivity index is 2.64. The molecule has 80 valence electrons. The lowest BCUT2D eigenvalue weighted by atomic mass is 10.1. The Hall–Kier alpha value is -1.45. The van der Waals surface area contributed by atoms with Crippen LogP contribution in [0.5, 0.6) is 0 Å². The van der Waals surface area contributed by atoms with E-state index in [-0.39, 0.29) is 0 Å². The maximum absolute atomic E-state index is 4.53. The Morgan fingerprint density at radius 2 is 2.13 bits per heavy atom. The number of hydrogen-bond donors (Lipinski definition) is 0. The van der Waals surface area contributed by atoms with Gasteiger partial charge in [0.2, 0.25) is 0 Å². The molecule has 2 aromatic rings. The van der Waals surface area contributed by atoms with Crippen LogP contribution >= 0.6 is 0 Å². The molecule has 0 aliphatic heterocycles. The van der Waals surface area contributed by atoms with E-state index in [0.717, 1.165) is 29.3 Å². The molecule has 0 aliphatic rings. The molecule has 0 radical (unpaired) electrons. The minimum absolute atomic E-state index is 0.406. The van der Waals surface area contributed by atoms with Crippen LogP contribution in [0, 0.1) is 13.8 Å². The van der Waals surface area contributed by atoms with Crippen LogP contribution in [-0.4, -0.2) is 19.6 Å². The highest BCUT2D eigenvalue weighted by Crippen LogP contribution is 2.17. The second-order valence-corrected chi connectivity index (χ2v) is 4.00. The zero-order valence-corrected chi connectivity index (χ0v) is 9.65. The van der Waals surface area contributed by atoms with Gasteiger partial charge >= 0.3 is 0 Å². The molecule has 15 heavy (non-hydrogen) atoms. The highest BCUT2D eigenvalue weighted by molar-refractivity contribution is 5.43. The summed E-state index contributed by atoms with van der Waals surface area (Å²) < 4.78 is 1.88. The Morgan fingerprint density at radius 1 is 1.40 bits per heavy atom. The van der Waals surface area contributed by atoms with Crippen molar-refractivity contribution in [3.8, 4) is 0 Å². The van der Waals surface area contributed by atoms with E-state index >= 15 is 0 Å². The fourth-order valence-electron chi connectivity index (χ4n) is 1.50. The van der Waals surface area contributed by atoms with Gasteiger partial charge in [0.05, 0.1) is 11.4 Å². The number of hydrogen-bond acceptors (Lipinski definition) is 3. The zero-order chi connectivity index (χ0) is 11.0. The average molecular weight is 204 g/mol. The minimum atomic E-state index is 0.406. The van der Waals surface area contributed by atoms with Crippen molar-refractivity contribution >= 4 is 5.65 Å². The summed E-state index contributed by atoms with van der Waals surface area (Å²) in [5.41, 5.74) is 2.84. The third kappa shape index (κ3) is 1.60. The van der Waals surface area contributed by atoms with Gasteiger partial charge < -0.3 is 0 Å². The topological polar surface area (TPSA) is 43.1 Å². The molecule has 1 atom stereocenters. The summed E-state index contributed by atoms with van der Waals surface area (Å²) in [7, 11) is 0. The van der Waals surface area contributed by atoms with Crippen LogP contribution in [0.25, 0.3) is 5.65 Å². The molecule has 2 heterocycles. The van der Waals surface area contributed by atoms with Gasteiger partial charge in [0, 0.05) is 12.1 Å². The first kappa shape index (κ1) is 10.1. The van der Waals surface area contributed by atoms with Crippen molar-refractivity contribution in [3.05, 3.63) is 23.4 Å². The van der Waals surface area contributed by atoms with Crippen LogP contribution in [0.4, 0.5) is 0 Å². The molecule has 0 aliphatic carbocycles. The average Bonchev–Trinajstić information content (AvgIpc) is 2.68. The van der Waals surface area contributed by atoms with E-state index in [4.69, 9.17) is 0 Å². The maximum atomic E-state index is 4.53. The summed E-state index contributed by atoms with van der Waals surface area (Å²) in [6.07, 6.45) is 2.89. The first-order valence-corrected chi connectivity index (χ1v) is 5.32. The fourth-order valence-corrected chi connectivity index (χ4v) is 1.50. The molecule has 0 spiro atoms. The summed E-state index contributed by atoms with van der Waals surface area (Å²) in [5, 5.41) is 4.51. The van der Waals surface area contributed by atoms with Crippen molar-refractivity contribution in [2.75, 3.05) is 0 Å². The van der Waals surface area contributed by atoms with Crippen LogP contribution in [0.2, 0.25) is 0 Å². The van der Waals surface area contributed by atoms with Crippen LogP contribution < -0.4 is 0 Å². The Bertz CT molecular complexity index is 448. The summed E-state index contributed by atoms with van der Waals surface area (Å²) in [5.74, 6) is 1.32. The molecule has 0 bridgehead atoms. The first-order valence-electron chi connectivity index (χ1n) is 5.32. The molecule has 0 saturated heterocycles. The molecule has 0 N–H and O–H groups in total. The van der Waals surface area contributed by atoms with E-state index in [0.29, 0.717) is 5.92 Å². The van der Waals surface area contributed by atoms with E-state index in [1.165, 1.54) is 0 Å². The smallest absolute Gasteiger partial charge is 0.177 e. The van der Waals surface area contributed by atoms with E-state index in [9.17, 15) is 0 Å². The minimum Gasteiger partial charge on any atom is -0.256 e. The Morgan fingerprint density at radius 3 is 2.73 bits per heavy atom. The van der Waals surface area contributed by atoms with Crippen molar-refractivity contribution in [3.63, 3.8) is 0 Å². The van der Waals surface area contributed by atoms with Crippen molar-refractivity contribution in [2.45, 2.75) is 40.0 Å². The van der Waals surface area contributed by atoms with Crippen molar-refractivity contribution in [1.29, 1.82) is 0 Å². The van der Waals surface area contributed by atoms with Gasteiger partial charge in [0.1, 0.15) is 0 Å². The molecule has 4 heteroatoms. The zero-order valence-electron chi connectivity index (χ0n) is 9.65. The van der Waals surface area contributed by atoms with Gasteiger partial charge in [-0.15, -0.1) is 0 Å². The molecular formula is C11H16N4. The number of fused-ring (bicyclic) bond motifs is 1. The van der Waals surface area contributed by atoms with Gasteiger partial charge in [-0.25, -0.2) is 9.50 Å². The largest absolute Gasteiger partial charge is 0.256 e. The molecule has 2 aromatic heterocycles. The number of aromatic nitrogens is 4. The molecule has 4 nitrogen and oxygen atoms in total. The number of nitrogens with zero attached hydrogens (tertiary/aromatic N) is 4. The monoisotopic (exact) mass is 204 g/mol. The molecule has 0 fully saturated rings. The van der Waals surface area contributed by atoms with E-state index in [1.807, 2.05) is 24.6 Å². The standard InChI is InChI=1S/C11H16N4/c1-5-7(2)10-13-11-9(4)12-6-8(3)15(11)14-10/h6-7H,5H2,1-4H3.